The Kier molecular flexibility index (Phi) is 6.18. The monoisotopic (exact) mass is 373 g/mol. The van der Waals surface area contributed by atoms with Crippen LogP contribution >= 0.6 is 0 Å². The summed E-state index contributed by atoms with van der Waals surface area (Å²) in [7, 11) is 0. The number of hydrogen-bond donors (Lipinski definition) is 1. The van der Waals surface area contributed by atoms with E-state index in [-0.39, 0.29) is 11.7 Å². The molecular weight excluding hydrogens is 347 g/mol. The second-order valence-electron chi connectivity index (χ2n) is 7.46. The van der Waals surface area contributed by atoms with E-state index in [9.17, 15) is 18.0 Å². The van der Waals surface area contributed by atoms with Gasteiger partial charge in [-0.3, -0.25) is 4.90 Å². The van der Waals surface area contributed by atoms with Gasteiger partial charge in [-0.05, 0) is 32.4 Å². The summed E-state index contributed by atoms with van der Waals surface area (Å²) in [5, 5.41) is 0. The standard InChI is InChI=1S/C18H26F3N3O2/c1-17(2,3)26-16(25)24-10-8-23(9-11-24)12-15(22)13-6-4-5-7-14(13)18(19,20)21/h4-7,15H,8-12,22H2,1-3H3. The van der Waals surface area contributed by atoms with Gasteiger partial charge in [0.2, 0.25) is 0 Å². The van der Waals surface area contributed by atoms with Crippen LogP contribution in [0.1, 0.15) is 37.9 Å². The predicted octanol–water partition coefficient (Wildman–Crippen LogP) is 3.26. The summed E-state index contributed by atoms with van der Waals surface area (Å²) in [5.41, 5.74) is 4.89. The van der Waals surface area contributed by atoms with Crippen molar-refractivity contribution < 1.29 is 22.7 Å². The first-order chi connectivity index (χ1) is 12.0. The molecule has 1 unspecified atom stereocenters. The Morgan fingerprint density at radius 2 is 1.73 bits per heavy atom. The zero-order chi connectivity index (χ0) is 19.5. The molecule has 1 amide bonds. The first kappa shape index (κ1) is 20.5. The van der Waals surface area contributed by atoms with Gasteiger partial charge in [-0.1, -0.05) is 18.2 Å². The highest BCUT2D eigenvalue weighted by atomic mass is 19.4. The van der Waals surface area contributed by atoms with Gasteiger partial charge in [-0.25, -0.2) is 4.79 Å². The average Bonchev–Trinajstić information content (AvgIpc) is 2.53. The van der Waals surface area contributed by atoms with Crippen LogP contribution in [0.3, 0.4) is 0 Å². The topological polar surface area (TPSA) is 58.8 Å². The van der Waals surface area contributed by atoms with Gasteiger partial charge in [0, 0.05) is 38.8 Å². The van der Waals surface area contributed by atoms with Crippen molar-refractivity contribution in [1.82, 2.24) is 9.80 Å². The molecule has 1 atom stereocenters. The molecule has 2 rings (SSSR count). The maximum absolute atomic E-state index is 13.1. The third-order valence-electron chi connectivity index (χ3n) is 4.14. The highest BCUT2D eigenvalue weighted by Crippen LogP contribution is 2.34. The molecule has 2 N–H and O–H groups in total. The SMILES string of the molecule is CC(C)(C)OC(=O)N1CCN(CC(N)c2ccccc2C(F)(F)F)CC1. The lowest BCUT2D eigenvalue weighted by Gasteiger charge is -2.36. The number of alkyl halides is 3. The van der Waals surface area contributed by atoms with E-state index in [0.29, 0.717) is 32.7 Å². The van der Waals surface area contributed by atoms with E-state index in [1.54, 1.807) is 31.7 Å². The van der Waals surface area contributed by atoms with Crippen LogP contribution in [0.5, 0.6) is 0 Å². The molecule has 0 spiro atoms. The van der Waals surface area contributed by atoms with E-state index in [0.717, 1.165) is 6.07 Å². The number of piperazine rings is 1. The number of carbonyl (C=O) groups is 1. The van der Waals surface area contributed by atoms with E-state index in [2.05, 4.69) is 0 Å². The second kappa shape index (κ2) is 7.84. The third-order valence-corrected chi connectivity index (χ3v) is 4.14. The minimum atomic E-state index is -4.43. The van der Waals surface area contributed by atoms with Gasteiger partial charge in [0.15, 0.2) is 0 Å². The molecule has 1 aliphatic rings. The summed E-state index contributed by atoms with van der Waals surface area (Å²) < 4.78 is 44.7. The number of carbonyl (C=O) groups excluding carboxylic acids is 1. The number of nitrogens with zero attached hydrogens (tertiary/aromatic N) is 2. The molecular formula is C18H26F3N3O2. The Morgan fingerprint density at radius 1 is 1.15 bits per heavy atom. The highest BCUT2D eigenvalue weighted by Gasteiger charge is 2.35. The molecule has 8 heteroatoms. The summed E-state index contributed by atoms with van der Waals surface area (Å²) in [4.78, 5) is 15.6. The first-order valence-electron chi connectivity index (χ1n) is 8.59. The molecule has 146 valence electrons. The van der Waals surface area contributed by atoms with Crippen molar-refractivity contribution in [3.05, 3.63) is 35.4 Å². The lowest BCUT2D eigenvalue weighted by atomic mass is 10.00. The lowest BCUT2D eigenvalue weighted by molar-refractivity contribution is -0.138. The third kappa shape index (κ3) is 5.60. The molecule has 26 heavy (non-hydrogen) atoms. The van der Waals surface area contributed by atoms with Crippen LogP contribution < -0.4 is 5.73 Å². The quantitative estimate of drug-likeness (QED) is 0.884. The molecule has 0 aromatic heterocycles. The zero-order valence-electron chi connectivity index (χ0n) is 15.3. The Bertz CT molecular complexity index is 621. The van der Waals surface area contributed by atoms with Gasteiger partial charge < -0.3 is 15.4 Å². The minimum Gasteiger partial charge on any atom is -0.444 e. The Labute approximate surface area is 151 Å². The molecule has 1 aliphatic heterocycles. The summed E-state index contributed by atoms with van der Waals surface area (Å²) in [6, 6.07) is 4.64. The maximum Gasteiger partial charge on any atom is 0.416 e. The Morgan fingerprint density at radius 3 is 2.27 bits per heavy atom. The van der Waals surface area contributed by atoms with Crippen LogP contribution in [0.15, 0.2) is 24.3 Å². The number of halogens is 3. The molecule has 1 aromatic rings. The molecule has 1 heterocycles. The smallest absolute Gasteiger partial charge is 0.416 e. The van der Waals surface area contributed by atoms with Gasteiger partial charge in [-0.2, -0.15) is 13.2 Å². The molecule has 1 saturated heterocycles. The summed E-state index contributed by atoms with van der Waals surface area (Å²) >= 11 is 0. The van der Waals surface area contributed by atoms with Crippen molar-refractivity contribution >= 4 is 6.09 Å². The van der Waals surface area contributed by atoms with E-state index >= 15 is 0 Å². The highest BCUT2D eigenvalue weighted by molar-refractivity contribution is 5.68. The number of nitrogens with two attached hydrogens (primary N) is 1. The van der Waals surface area contributed by atoms with Crippen LogP contribution in [0.2, 0.25) is 0 Å². The predicted molar refractivity (Wildman–Crippen MR) is 92.6 cm³/mol. The maximum atomic E-state index is 13.1. The molecule has 5 nitrogen and oxygen atoms in total. The Hall–Kier alpha value is -1.80. The van der Waals surface area contributed by atoms with Crippen LogP contribution in [0.4, 0.5) is 18.0 Å². The fourth-order valence-electron chi connectivity index (χ4n) is 2.89. The van der Waals surface area contributed by atoms with E-state index in [1.807, 2.05) is 4.90 Å². The molecule has 0 saturated carbocycles. The molecule has 1 aromatic carbocycles. The summed E-state index contributed by atoms with van der Waals surface area (Å²) in [5.74, 6) is 0. The fourth-order valence-corrected chi connectivity index (χ4v) is 2.89. The van der Waals surface area contributed by atoms with E-state index < -0.39 is 23.4 Å². The van der Waals surface area contributed by atoms with Crippen molar-refractivity contribution in [2.45, 2.75) is 38.6 Å². The molecule has 0 aliphatic carbocycles. The van der Waals surface area contributed by atoms with Gasteiger partial charge in [-0.15, -0.1) is 0 Å². The van der Waals surface area contributed by atoms with Gasteiger partial charge in [0.05, 0.1) is 5.56 Å². The largest absolute Gasteiger partial charge is 0.444 e. The van der Waals surface area contributed by atoms with Crippen LogP contribution in [0.25, 0.3) is 0 Å². The normalized spacial score (nSPS) is 17.9. The molecule has 1 fully saturated rings. The lowest BCUT2D eigenvalue weighted by Crippen LogP contribution is -2.51. The average molecular weight is 373 g/mol. The fraction of sp³-hybridized carbons (Fsp3) is 0.611. The van der Waals surface area contributed by atoms with Crippen molar-refractivity contribution in [3.8, 4) is 0 Å². The first-order valence-corrected chi connectivity index (χ1v) is 8.59. The van der Waals surface area contributed by atoms with E-state index in [4.69, 9.17) is 10.5 Å². The molecule has 0 bridgehead atoms. The van der Waals surface area contributed by atoms with Gasteiger partial charge >= 0.3 is 12.3 Å². The van der Waals surface area contributed by atoms with Crippen LogP contribution in [-0.2, 0) is 10.9 Å². The van der Waals surface area contributed by atoms with Crippen LogP contribution in [0, 0.1) is 0 Å². The van der Waals surface area contributed by atoms with Gasteiger partial charge in [0.25, 0.3) is 0 Å². The number of amides is 1. The number of hydrogen-bond acceptors (Lipinski definition) is 4. The van der Waals surface area contributed by atoms with Crippen molar-refractivity contribution in [1.29, 1.82) is 0 Å². The minimum absolute atomic E-state index is 0.0922. The van der Waals surface area contributed by atoms with Crippen molar-refractivity contribution in [3.63, 3.8) is 0 Å². The molecule has 0 radical (unpaired) electrons. The summed E-state index contributed by atoms with van der Waals surface area (Å²) in [6.07, 6.45) is -4.80. The van der Waals surface area contributed by atoms with Crippen molar-refractivity contribution in [2.24, 2.45) is 5.73 Å². The second-order valence-corrected chi connectivity index (χ2v) is 7.46. The van der Waals surface area contributed by atoms with Gasteiger partial charge in [0.1, 0.15) is 5.60 Å². The summed E-state index contributed by atoms with van der Waals surface area (Å²) in [6.45, 7) is 7.72. The van der Waals surface area contributed by atoms with Crippen LogP contribution in [-0.4, -0.2) is 54.2 Å². The number of rotatable bonds is 3. The van der Waals surface area contributed by atoms with Crippen molar-refractivity contribution in [2.75, 3.05) is 32.7 Å². The number of benzene rings is 1. The Balaban J connectivity index is 1.93. The zero-order valence-corrected chi connectivity index (χ0v) is 15.3. The number of ether oxygens (including phenoxy) is 1. The van der Waals surface area contributed by atoms with E-state index in [1.165, 1.54) is 12.1 Å².